The lowest BCUT2D eigenvalue weighted by atomic mass is 10.1. The SMILES string of the molecule is COC(=O)c1ccccc1NC(=O)c1ccc(Nc2cccc(C)c2)cn1. The maximum atomic E-state index is 12.4. The molecule has 0 aliphatic rings. The van der Waals surface area contributed by atoms with Crippen molar-refractivity contribution in [2.45, 2.75) is 6.92 Å². The van der Waals surface area contributed by atoms with E-state index in [1.807, 2.05) is 31.2 Å². The topological polar surface area (TPSA) is 80.3 Å². The average molecular weight is 361 g/mol. The highest BCUT2D eigenvalue weighted by Crippen LogP contribution is 2.19. The third-order valence-corrected chi connectivity index (χ3v) is 3.88. The number of hydrogen-bond acceptors (Lipinski definition) is 5. The Labute approximate surface area is 157 Å². The van der Waals surface area contributed by atoms with E-state index >= 15 is 0 Å². The summed E-state index contributed by atoms with van der Waals surface area (Å²) in [5.41, 5.74) is 3.76. The predicted octanol–water partition coefficient (Wildman–Crippen LogP) is 4.17. The van der Waals surface area contributed by atoms with Gasteiger partial charge in [-0.2, -0.15) is 0 Å². The van der Waals surface area contributed by atoms with Gasteiger partial charge in [-0.3, -0.25) is 4.79 Å². The average Bonchev–Trinajstić information content (AvgIpc) is 2.68. The van der Waals surface area contributed by atoms with Crippen molar-refractivity contribution in [1.82, 2.24) is 4.98 Å². The fourth-order valence-electron chi connectivity index (χ4n) is 2.56. The predicted molar refractivity (Wildman–Crippen MR) is 104 cm³/mol. The van der Waals surface area contributed by atoms with Crippen molar-refractivity contribution < 1.29 is 14.3 Å². The molecule has 0 bridgehead atoms. The maximum absolute atomic E-state index is 12.4. The Morgan fingerprint density at radius 3 is 2.48 bits per heavy atom. The second-order valence-corrected chi connectivity index (χ2v) is 5.92. The number of esters is 1. The third-order valence-electron chi connectivity index (χ3n) is 3.88. The van der Waals surface area contributed by atoms with Gasteiger partial charge in [0.1, 0.15) is 5.69 Å². The van der Waals surface area contributed by atoms with Gasteiger partial charge in [0.25, 0.3) is 5.91 Å². The van der Waals surface area contributed by atoms with Crippen molar-refractivity contribution >= 4 is 28.9 Å². The molecule has 136 valence electrons. The van der Waals surface area contributed by atoms with Crippen LogP contribution in [0, 0.1) is 6.92 Å². The van der Waals surface area contributed by atoms with Crippen LogP contribution in [0.5, 0.6) is 0 Å². The van der Waals surface area contributed by atoms with Crippen LogP contribution < -0.4 is 10.6 Å². The van der Waals surface area contributed by atoms with Crippen LogP contribution >= 0.6 is 0 Å². The number of rotatable bonds is 5. The highest BCUT2D eigenvalue weighted by Gasteiger charge is 2.15. The smallest absolute Gasteiger partial charge is 0.339 e. The Balaban J connectivity index is 1.72. The molecule has 6 nitrogen and oxygen atoms in total. The number of amides is 1. The summed E-state index contributed by atoms with van der Waals surface area (Å²) in [5.74, 6) is -0.926. The van der Waals surface area contributed by atoms with E-state index < -0.39 is 11.9 Å². The van der Waals surface area contributed by atoms with E-state index in [-0.39, 0.29) is 11.3 Å². The van der Waals surface area contributed by atoms with Crippen LogP contribution in [0.25, 0.3) is 0 Å². The first-order chi connectivity index (χ1) is 13.1. The monoisotopic (exact) mass is 361 g/mol. The van der Waals surface area contributed by atoms with Gasteiger partial charge in [-0.1, -0.05) is 24.3 Å². The highest BCUT2D eigenvalue weighted by molar-refractivity contribution is 6.07. The Morgan fingerprint density at radius 1 is 0.963 bits per heavy atom. The van der Waals surface area contributed by atoms with Crippen LogP contribution in [0.1, 0.15) is 26.4 Å². The molecule has 0 radical (unpaired) electrons. The molecule has 1 amide bonds. The number of hydrogen-bond donors (Lipinski definition) is 2. The molecule has 2 N–H and O–H groups in total. The van der Waals surface area contributed by atoms with Crippen LogP contribution in [0.4, 0.5) is 17.1 Å². The molecule has 1 heterocycles. The summed E-state index contributed by atoms with van der Waals surface area (Å²) in [7, 11) is 1.29. The molecule has 2 aromatic carbocycles. The first-order valence-electron chi connectivity index (χ1n) is 8.35. The summed E-state index contributed by atoms with van der Waals surface area (Å²) >= 11 is 0. The van der Waals surface area contributed by atoms with Crippen molar-refractivity contribution in [3.8, 4) is 0 Å². The van der Waals surface area contributed by atoms with Crippen molar-refractivity contribution in [2.24, 2.45) is 0 Å². The Kier molecular flexibility index (Phi) is 5.47. The first-order valence-corrected chi connectivity index (χ1v) is 8.35. The Bertz CT molecular complexity index is 968. The number of carbonyl (C=O) groups excluding carboxylic acids is 2. The van der Waals surface area contributed by atoms with Crippen molar-refractivity contribution in [3.63, 3.8) is 0 Å². The zero-order chi connectivity index (χ0) is 19.2. The number of aromatic nitrogens is 1. The molecule has 0 unspecified atom stereocenters. The number of benzene rings is 2. The fourth-order valence-corrected chi connectivity index (χ4v) is 2.56. The van der Waals surface area contributed by atoms with Crippen LogP contribution in [-0.4, -0.2) is 24.0 Å². The molecule has 3 rings (SSSR count). The van der Waals surface area contributed by atoms with E-state index in [9.17, 15) is 9.59 Å². The van der Waals surface area contributed by atoms with Gasteiger partial charge in [0.05, 0.1) is 30.2 Å². The van der Waals surface area contributed by atoms with Gasteiger partial charge in [0, 0.05) is 5.69 Å². The summed E-state index contributed by atoms with van der Waals surface area (Å²) in [4.78, 5) is 28.4. The van der Waals surface area contributed by atoms with E-state index in [1.54, 1.807) is 42.6 Å². The summed E-state index contributed by atoms with van der Waals surface area (Å²) in [6, 6.07) is 18.0. The largest absolute Gasteiger partial charge is 0.465 e. The van der Waals surface area contributed by atoms with Crippen LogP contribution in [-0.2, 0) is 4.74 Å². The standard InChI is InChI=1S/C21H19N3O3/c1-14-6-5-7-15(12-14)23-16-10-11-19(22-13-16)20(25)24-18-9-4-3-8-17(18)21(26)27-2/h3-13,23H,1-2H3,(H,24,25). The van der Waals surface area contributed by atoms with Gasteiger partial charge < -0.3 is 15.4 Å². The quantitative estimate of drug-likeness (QED) is 0.667. The maximum Gasteiger partial charge on any atom is 0.339 e. The number of methoxy groups -OCH3 is 1. The molecule has 0 saturated heterocycles. The Morgan fingerprint density at radius 2 is 1.78 bits per heavy atom. The second-order valence-electron chi connectivity index (χ2n) is 5.92. The molecule has 27 heavy (non-hydrogen) atoms. The molecule has 0 aliphatic carbocycles. The molecule has 0 atom stereocenters. The van der Waals surface area contributed by atoms with Gasteiger partial charge in [-0.05, 0) is 48.9 Å². The lowest BCUT2D eigenvalue weighted by molar-refractivity contribution is 0.0602. The summed E-state index contributed by atoms with van der Waals surface area (Å²) in [6.45, 7) is 2.02. The lowest BCUT2D eigenvalue weighted by Crippen LogP contribution is -2.16. The van der Waals surface area contributed by atoms with Gasteiger partial charge in [-0.15, -0.1) is 0 Å². The van der Waals surface area contributed by atoms with Gasteiger partial charge >= 0.3 is 5.97 Å². The Hall–Kier alpha value is -3.67. The number of anilines is 3. The number of carbonyl (C=O) groups is 2. The molecular weight excluding hydrogens is 342 g/mol. The van der Waals surface area contributed by atoms with E-state index in [0.29, 0.717) is 5.69 Å². The molecule has 6 heteroatoms. The van der Waals surface area contributed by atoms with Gasteiger partial charge in [-0.25, -0.2) is 9.78 Å². The normalized spacial score (nSPS) is 10.1. The van der Waals surface area contributed by atoms with Gasteiger partial charge in [0.2, 0.25) is 0 Å². The molecule has 0 saturated carbocycles. The zero-order valence-electron chi connectivity index (χ0n) is 15.0. The summed E-state index contributed by atoms with van der Waals surface area (Å²) in [6.07, 6.45) is 1.59. The van der Waals surface area contributed by atoms with Crippen LogP contribution in [0.2, 0.25) is 0 Å². The molecule has 0 fully saturated rings. The minimum atomic E-state index is -0.517. The van der Waals surface area contributed by atoms with Gasteiger partial charge in [0.15, 0.2) is 0 Å². The molecule has 1 aromatic heterocycles. The van der Waals surface area contributed by atoms with Crippen LogP contribution in [0.15, 0.2) is 66.9 Å². The van der Waals surface area contributed by atoms with E-state index in [1.165, 1.54) is 7.11 Å². The fraction of sp³-hybridized carbons (Fsp3) is 0.0952. The lowest BCUT2D eigenvalue weighted by Gasteiger charge is -2.10. The summed E-state index contributed by atoms with van der Waals surface area (Å²) in [5, 5.41) is 5.93. The number of nitrogens with zero attached hydrogens (tertiary/aromatic N) is 1. The number of ether oxygens (including phenoxy) is 1. The van der Waals surface area contributed by atoms with E-state index in [0.717, 1.165) is 16.9 Å². The molecular formula is C21H19N3O3. The van der Waals surface area contributed by atoms with Crippen molar-refractivity contribution in [2.75, 3.05) is 17.7 Å². The van der Waals surface area contributed by atoms with E-state index in [2.05, 4.69) is 15.6 Å². The second kappa shape index (κ2) is 8.14. The minimum absolute atomic E-state index is 0.240. The van der Waals surface area contributed by atoms with Crippen molar-refractivity contribution in [3.05, 3.63) is 83.7 Å². The first kappa shape index (κ1) is 18.1. The number of nitrogens with one attached hydrogen (secondary N) is 2. The zero-order valence-corrected chi connectivity index (χ0v) is 15.0. The molecule has 0 aliphatic heterocycles. The third kappa shape index (κ3) is 4.49. The van der Waals surface area contributed by atoms with Crippen molar-refractivity contribution in [1.29, 1.82) is 0 Å². The van der Waals surface area contributed by atoms with E-state index in [4.69, 9.17) is 4.74 Å². The molecule has 0 spiro atoms. The number of aryl methyl sites for hydroxylation is 1. The summed E-state index contributed by atoms with van der Waals surface area (Å²) < 4.78 is 4.73. The van der Waals surface area contributed by atoms with Crippen LogP contribution in [0.3, 0.4) is 0 Å². The number of para-hydroxylation sites is 1. The number of pyridine rings is 1. The highest BCUT2D eigenvalue weighted by atomic mass is 16.5. The molecule has 3 aromatic rings. The minimum Gasteiger partial charge on any atom is -0.465 e.